The van der Waals surface area contributed by atoms with Crippen molar-refractivity contribution in [2.45, 2.75) is 0 Å². The molecule has 4 heteroatoms. The highest BCUT2D eigenvalue weighted by Gasteiger charge is 2.20. The second-order valence-electron chi connectivity index (χ2n) is 9.29. The van der Waals surface area contributed by atoms with Crippen LogP contribution in [-0.2, 0) is 0 Å². The number of rotatable bonds is 6. The molecule has 0 spiro atoms. The lowest BCUT2D eigenvalue weighted by molar-refractivity contribution is 0.426. The number of hydrogen-bond acceptors (Lipinski definition) is 3. The molecular formula is C34H26BNO2. The summed E-state index contributed by atoms with van der Waals surface area (Å²) in [7, 11) is -1.56. The largest absolute Gasteiger partial charge is 0.489 e. The minimum atomic E-state index is -1.56. The first-order valence-corrected chi connectivity index (χ1v) is 12.7. The Morgan fingerprint density at radius 3 is 1.71 bits per heavy atom. The van der Waals surface area contributed by atoms with Crippen molar-refractivity contribution in [3.05, 3.63) is 146 Å². The van der Waals surface area contributed by atoms with Gasteiger partial charge in [-0.2, -0.15) is 0 Å². The van der Waals surface area contributed by atoms with E-state index in [1.54, 1.807) is 6.07 Å². The lowest BCUT2D eigenvalue weighted by Crippen LogP contribution is -2.31. The van der Waals surface area contributed by atoms with Crippen LogP contribution >= 0.6 is 0 Å². The first kappa shape index (κ1) is 23.7. The number of hydrogen-bond donors (Lipinski definition) is 2. The molecule has 0 bridgehead atoms. The number of nitrogens with zero attached hydrogens (tertiary/aromatic N) is 1. The fraction of sp³-hybridized carbons (Fsp3) is 0. The average Bonchev–Trinajstić information content (AvgIpc) is 2.98. The summed E-state index contributed by atoms with van der Waals surface area (Å²) < 4.78 is 0. The van der Waals surface area contributed by atoms with Crippen molar-refractivity contribution in [2.75, 3.05) is 4.90 Å². The van der Waals surface area contributed by atoms with Crippen LogP contribution in [0.2, 0.25) is 0 Å². The van der Waals surface area contributed by atoms with Crippen LogP contribution in [0.25, 0.3) is 33.0 Å². The van der Waals surface area contributed by atoms with Gasteiger partial charge in [-0.3, -0.25) is 0 Å². The average molecular weight is 491 g/mol. The highest BCUT2D eigenvalue weighted by Crippen LogP contribution is 2.37. The maximum atomic E-state index is 10.1. The summed E-state index contributed by atoms with van der Waals surface area (Å²) in [5, 5.41) is 22.6. The van der Waals surface area contributed by atoms with E-state index in [-0.39, 0.29) is 0 Å². The predicted octanol–water partition coefficient (Wildman–Crippen LogP) is 7.32. The van der Waals surface area contributed by atoms with E-state index in [0.717, 1.165) is 33.8 Å². The molecule has 6 aromatic rings. The van der Waals surface area contributed by atoms with Gasteiger partial charge in [0, 0.05) is 17.1 Å². The second-order valence-corrected chi connectivity index (χ2v) is 9.29. The Morgan fingerprint density at radius 1 is 0.421 bits per heavy atom. The number of benzene rings is 6. The quantitative estimate of drug-likeness (QED) is 0.240. The van der Waals surface area contributed by atoms with Gasteiger partial charge in [0.05, 0.1) is 0 Å². The second kappa shape index (κ2) is 10.4. The standard InChI is InChI=1S/C34H26BNO2/c37-35(38)34-22-21-32(24-33(34)27-10-3-1-4-11-27)36(30-13-5-2-6-14-30)31-19-17-26(18-20-31)29-16-15-25-9-7-8-12-28(25)23-29/h1-24,37-38H. The van der Waals surface area contributed by atoms with Gasteiger partial charge in [-0.25, -0.2) is 0 Å². The fourth-order valence-electron chi connectivity index (χ4n) is 4.97. The van der Waals surface area contributed by atoms with Crippen LogP contribution in [0.1, 0.15) is 0 Å². The Labute approximate surface area is 223 Å². The topological polar surface area (TPSA) is 43.7 Å². The summed E-state index contributed by atoms with van der Waals surface area (Å²) in [5.74, 6) is 0. The van der Waals surface area contributed by atoms with Crippen LogP contribution < -0.4 is 10.4 Å². The van der Waals surface area contributed by atoms with Gasteiger partial charge in [0.25, 0.3) is 0 Å². The molecule has 0 amide bonds. The molecule has 0 heterocycles. The smallest absolute Gasteiger partial charge is 0.423 e. The van der Waals surface area contributed by atoms with Crippen LogP contribution in [0.3, 0.4) is 0 Å². The van der Waals surface area contributed by atoms with Crippen LogP contribution in [-0.4, -0.2) is 17.2 Å². The zero-order valence-electron chi connectivity index (χ0n) is 20.8. The molecular weight excluding hydrogens is 465 g/mol. The summed E-state index contributed by atoms with van der Waals surface area (Å²) in [6.45, 7) is 0. The Kier molecular flexibility index (Phi) is 6.49. The Bertz CT molecular complexity index is 1680. The zero-order valence-corrected chi connectivity index (χ0v) is 20.8. The van der Waals surface area contributed by atoms with Gasteiger partial charge in [0.1, 0.15) is 0 Å². The van der Waals surface area contributed by atoms with E-state index < -0.39 is 7.12 Å². The minimum Gasteiger partial charge on any atom is -0.423 e. The molecule has 6 aromatic carbocycles. The van der Waals surface area contributed by atoms with Crippen LogP contribution in [0.5, 0.6) is 0 Å². The molecule has 0 aliphatic heterocycles. The Balaban J connectivity index is 1.44. The van der Waals surface area contributed by atoms with Gasteiger partial charge in [-0.15, -0.1) is 0 Å². The van der Waals surface area contributed by atoms with E-state index in [1.807, 2.05) is 60.7 Å². The summed E-state index contributed by atoms with van der Waals surface area (Å²) in [6.07, 6.45) is 0. The normalized spacial score (nSPS) is 10.9. The Morgan fingerprint density at radius 2 is 1.00 bits per heavy atom. The van der Waals surface area contributed by atoms with Crippen molar-refractivity contribution in [3.63, 3.8) is 0 Å². The number of anilines is 3. The molecule has 38 heavy (non-hydrogen) atoms. The maximum Gasteiger partial charge on any atom is 0.489 e. The highest BCUT2D eigenvalue weighted by atomic mass is 16.4. The summed E-state index contributed by atoms with van der Waals surface area (Å²) in [5.41, 5.74) is 7.46. The first-order valence-electron chi connectivity index (χ1n) is 12.7. The maximum absolute atomic E-state index is 10.1. The van der Waals surface area contributed by atoms with Gasteiger partial charge in [-0.05, 0) is 81.0 Å². The molecule has 0 radical (unpaired) electrons. The molecule has 182 valence electrons. The van der Waals surface area contributed by atoms with Gasteiger partial charge in [0.2, 0.25) is 0 Å². The summed E-state index contributed by atoms with van der Waals surface area (Å²) >= 11 is 0. The molecule has 2 N–H and O–H groups in total. The van der Waals surface area contributed by atoms with E-state index >= 15 is 0 Å². The monoisotopic (exact) mass is 491 g/mol. The minimum absolute atomic E-state index is 0.472. The van der Waals surface area contributed by atoms with Crippen molar-refractivity contribution in [1.29, 1.82) is 0 Å². The lowest BCUT2D eigenvalue weighted by Gasteiger charge is -2.27. The SMILES string of the molecule is OB(O)c1ccc(N(c2ccccc2)c2ccc(-c3ccc4ccccc4c3)cc2)cc1-c1ccccc1. The molecule has 3 nitrogen and oxygen atoms in total. The molecule has 0 atom stereocenters. The van der Waals surface area contributed by atoms with Crippen LogP contribution in [0.15, 0.2) is 146 Å². The fourth-order valence-corrected chi connectivity index (χ4v) is 4.97. The first-order chi connectivity index (χ1) is 18.7. The van der Waals surface area contributed by atoms with Crippen molar-refractivity contribution in [3.8, 4) is 22.3 Å². The van der Waals surface area contributed by atoms with E-state index in [0.29, 0.717) is 5.46 Å². The summed E-state index contributed by atoms with van der Waals surface area (Å²) in [4.78, 5) is 2.18. The van der Waals surface area contributed by atoms with Gasteiger partial charge >= 0.3 is 7.12 Å². The van der Waals surface area contributed by atoms with Gasteiger partial charge < -0.3 is 14.9 Å². The molecule has 6 rings (SSSR count). The third-order valence-corrected chi connectivity index (χ3v) is 6.88. The lowest BCUT2D eigenvalue weighted by atomic mass is 9.75. The molecule has 0 aromatic heterocycles. The Hall–Kier alpha value is -4.64. The van der Waals surface area contributed by atoms with E-state index in [1.165, 1.54) is 16.3 Å². The summed E-state index contributed by atoms with van der Waals surface area (Å²) in [6, 6.07) is 49.3. The third kappa shape index (κ3) is 4.71. The van der Waals surface area contributed by atoms with E-state index in [9.17, 15) is 10.0 Å². The van der Waals surface area contributed by atoms with Gasteiger partial charge in [0.15, 0.2) is 0 Å². The number of fused-ring (bicyclic) bond motifs is 1. The van der Waals surface area contributed by atoms with Crippen LogP contribution in [0, 0.1) is 0 Å². The van der Waals surface area contributed by atoms with Crippen molar-refractivity contribution in [1.82, 2.24) is 0 Å². The highest BCUT2D eigenvalue weighted by molar-refractivity contribution is 6.60. The molecule has 0 aliphatic rings. The molecule has 0 saturated heterocycles. The van der Waals surface area contributed by atoms with Crippen molar-refractivity contribution in [2.24, 2.45) is 0 Å². The molecule has 0 fully saturated rings. The zero-order chi connectivity index (χ0) is 25.9. The number of para-hydroxylation sites is 1. The molecule has 0 saturated carbocycles. The van der Waals surface area contributed by atoms with Crippen LogP contribution in [0.4, 0.5) is 17.1 Å². The van der Waals surface area contributed by atoms with Crippen molar-refractivity contribution < 1.29 is 10.0 Å². The molecule has 0 aliphatic carbocycles. The third-order valence-electron chi connectivity index (χ3n) is 6.88. The van der Waals surface area contributed by atoms with Gasteiger partial charge in [-0.1, -0.05) is 103 Å². The molecule has 0 unspecified atom stereocenters. The predicted molar refractivity (Wildman–Crippen MR) is 159 cm³/mol. The van der Waals surface area contributed by atoms with Crippen molar-refractivity contribution >= 4 is 40.4 Å². The van der Waals surface area contributed by atoms with E-state index in [4.69, 9.17) is 0 Å². The van der Waals surface area contributed by atoms with E-state index in [2.05, 4.69) is 83.8 Å².